The Hall–Kier alpha value is -3.39. The van der Waals surface area contributed by atoms with Crippen LogP contribution in [0.2, 0.25) is 0 Å². The van der Waals surface area contributed by atoms with E-state index in [0.717, 1.165) is 30.7 Å². The number of anilines is 1. The SMILES string of the molecule is COc1ccc(-c2ccc(C(=O)Nc3ccc(C(=O)N4CCSCC4)cc3C)c(F)c2)c(F)c1. The van der Waals surface area contributed by atoms with Gasteiger partial charge in [-0.2, -0.15) is 11.8 Å². The van der Waals surface area contributed by atoms with E-state index in [4.69, 9.17) is 4.74 Å². The van der Waals surface area contributed by atoms with Crippen LogP contribution in [0.1, 0.15) is 26.3 Å². The minimum atomic E-state index is -0.766. The number of methoxy groups -OCH3 is 1. The van der Waals surface area contributed by atoms with Crippen LogP contribution < -0.4 is 10.1 Å². The van der Waals surface area contributed by atoms with Gasteiger partial charge in [-0.25, -0.2) is 8.78 Å². The second kappa shape index (κ2) is 10.3. The largest absolute Gasteiger partial charge is 0.497 e. The van der Waals surface area contributed by atoms with E-state index < -0.39 is 17.5 Å². The standard InChI is InChI=1S/C26H24F2N2O3S/c1-16-13-18(26(32)30-9-11-34-12-10-30)4-8-24(16)29-25(31)21-6-3-17(14-22(21)27)20-7-5-19(33-2)15-23(20)28/h3-8,13-15H,9-12H2,1-2H3,(H,29,31). The van der Waals surface area contributed by atoms with E-state index in [1.54, 1.807) is 31.2 Å². The Bertz CT molecular complexity index is 1240. The number of ether oxygens (including phenoxy) is 1. The van der Waals surface area contributed by atoms with Crippen molar-refractivity contribution in [3.05, 3.63) is 82.9 Å². The first-order valence-electron chi connectivity index (χ1n) is 10.8. The highest BCUT2D eigenvalue weighted by molar-refractivity contribution is 7.99. The van der Waals surface area contributed by atoms with E-state index in [0.29, 0.717) is 28.1 Å². The molecule has 0 unspecified atom stereocenters. The summed E-state index contributed by atoms with van der Waals surface area (Å²) in [5, 5.41) is 2.70. The first-order chi connectivity index (χ1) is 16.4. The molecule has 4 rings (SSSR count). The van der Waals surface area contributed by atoms with E-state index >= 15 is 0 Å². The summed E-state index contributed by atoms with van der Waals surface area (Å²) in [5.74, 6) is 0.226. The number of carbonyl (C=O) groups is 2. The number of carbonyl (C=O) groups excluding carboxylic acids is 2. The summed E-state index contributed by atoms with van der Waals surface area (Å²) in [4.78, 5) is 27.3. The maximum Gasteiger partial charge on any atom is 0.258 e. The van der Waals surface area contributed by atoms with Crippen LogP contribution in [0.15, 0.2) is 54.6 Å². The molecule has 0 spiro atoms. The fraction of sp³-hybridized carbons (Fsp3) is 0.231. The van der Waals surface area contributed by atoms with Crippen LogP contribution >= 0.6 is 11.8 Å². The Morgan fingerprint density at radius 1 is 0.971 bits per heavy atom. The Morgan fingerprint density at radius 2 is 1.74 bits per heavy atom. The average Bonchev–Trinajstić information content (AvgIpc) is 2.85. The number of hydrogen-bond acceptors (Lipinski definition) is 4. The van der Waals surface area contributed by atoms with Gasteiger partial charge in [0, 0.05) is 47.5 Å². The van der Waals surface area contributed by atoms with Gasteiger partial charge in [0.1, 0.15) is 17.4 Å². The molecule has 3 aromatic rings. The Labute approximate surface area is 201 Å². The molecular weight excluding hydrogens is 458 g/mol. The summed E-state index contributed by atoms with van der Waals surface area (Å²) in [6.07, 6.45) is 0. The fourth-order valence-corrected chi connectivity index (χ4v) is 4.70. The van der Waals surface area contributed by atoms with Crippen LogP contribution in [-0.4, -0.2) is 48.4 Å². The first-order valence-corrected chi connectivity index (χ1v) is 12.0. The Kier molecular flexibility index (Phi) is 7.17. The van der Waals surface area contributed by atoms with Crippen LogP contribution in [0.3, 0.4) is 0 Å². The molecule has 176 valence electrons. The molecule has 3 aromatic carbocycles. The molecule has 1 N–H and O–H groups in total. The number of benzene rings is 3. The first kappa shape index (κ1) is 23.8. The molecule has 8 heteroatoms. The lowest BCUT2D eigenvalue weighted by Gasteiger charge is -2.26. The second-order valence-corrected chi connectivity index (χ2v) is 9.15. The summed E-state index contributed by atoms with van der Waals surface area (Å²) in [6, 6.07) is 13.3. The molecule has 1 aliphatic heterocycles. The van der Waals surface area contributed by atoms with Gasteiger partial charge in [0.15, 0.2) is 0 Å². The third kappa shape index (κ3) is 5.07. The molecule has 0 radical (unpaired) electrons. The molecule has 0 atom stereocenters. The number of nitrogens with one attached hydrogen (secondary N) is 1. The van der Waals surface area contributed by atoms with Gasteiger partial charge in [0.05, 0.1) is 12.7 Å². The summed E-state index contributed by atoms with van der Waals surface area (Å²) < 4.78 is 34.1. The zero-order valence-corrected chi connectivity index (χ0v) is 19.7. The van der Waals surface area contributed by atoms with Crippen molar-refractivity contribution >= 4 is 29.3 Å². The molecule has 34 heavy (non-hydrogen) atoms. The molecule has 1 heterocycles. The monoisotopic (exact) mass is 482 g/mol. The number of rotatable bonds is 5. The molecule has 2 amide bonds. The number of nitrogens with zero attached hydrogens (tertiary/aromatic N) is 1. The van der Waals surface area contributed by atoms with Crippen molar-refractivity contribution in [1.82, 2.24) is 4.90 Å². The zero-order valence-electron chi connectivity index (χ0n) is 18.9. The Balaban J connectivity index is 1.50. The molecule has 0 aliphatic carbocycles. The number of amides is 2. The van der Waals surface area contributed by atoms with Crippen molar-refractivity contribution in [3.8, 4) is 16.9 Å². The average molecular weight is 483 g/mol. The van der Waals surface area contributed by atoms with Gasteiger partial charge in [-0.3, -0.25) is 9.59 Å². The topological polar surface area (TPSA) is 58.6 Å². The van der Waals surface area contributed by atoms with Gasteiger partial charge in [-0.15, -0.1) is 0 Å². The van der Waals surface area contributed by atoms with Crippen LogP contribution in [0.4, 0.5) is 14.5 Å². The second-order valence-electron chi connectivity index (χ2n) is 7.93. The van der Waals surface area contributed by atoms with Crippen molar-refractivity contribution in [3.63, 3.8) is 0 Å². The van der Waals surface area contributed by atoms with Crippen LogP contribution in [-0.2, 0) is 0 Å². The van der Waals surface area contributed by atoms with Crippen molar-refractivity contribution in [2.45, 2.75) is 6.92 Å². The lowest BCUT2D eigenvalue weighted by Crippen LogP contribution is -2.37. The smallest absolute Gasteiger partial charge is 0.258 e. The molecule has 1 saturated heterocycles. The predicted molar refractivity (Wildman–Crippen MR) is 131 cm³/mol. The molecule has 5 nitrogen and oxygen atoms in total. The van der Waals surface area contributed by atoms with E-state index in [1.807, 2.05) is 16.7 Å². The lowest BCUT2D eigenvalue weighted by molar-refractivity contribution is 0.0772. The lowest BCUT2D eigenvalue weighted by atomic mass is 10.0. The number of hydrogen-bond donors (Lipinski definition) is 1. The van der Waals surface area contributed by atoms with Gasteiger partial charge in [0.2, 0.25) is 0 Å². The van der Waals surface area contributed by atoms with Crippen molar-refractivity contribution < 1.29 is 23.1 Å². The fourth-order valence-electron chi connectivity index (χ4n) is 3.80. The molecular formula is C26H24F2N2O3S. The highest BCUT2D eigenvalue weighted by atomic mass is 32.2. The van der Waals surface area contributed by atoms with Gasteiger partial charge in [-0.05, 0) is 60.5 Å². The zero-order chi connectivity index (χ0) is 24.2. The van der Waals surface area contributed by atoms with Crippen molar-refractivity contribution in [2.75, 3.05) is 37.0 Å². The van der Waals surface area contributed by atoms with Gasteiger partial charge in [-0.1, -0.05) is 6.07 Å². The minimum Gasteiger partial charge on any atom is -0.497 e. The molecule has 0 saturated carbocycles. The number of thioether (sulfide) groups is 1. The molecule has 1 aliphatic rings. The van der Waals surface area contributed by atoms with E-state index in [2.05, 4.69) is 5.32 Å². The third-order valence-electron chi connectivity index (χ3n) is 5.72. The highest BCUT2D eigenvalue weighted by Gasteiger charge is 2.20. The van der Waals surface area contributed by atoms with Gasteiger partial charge >= 0.3 is 0 Å². The molecule has 0 aromatic heterocycles. The van der Waals surface area contributed by atoms with Crippen LogP contribution in [0.25, 0.3) is 11.1 Å². The maximum absolute atomic E-state index is 14.8. The van der Waals surface area contributed by atoms with Crippen molar-refractivity contribution in [1.29, 1.82) is 0 Å². The maximum atomic E-state index is 14.8. The number of halogens is 2. The quantitative estimate of drug-likeness (QED) is 0.530. The van der Waals surface area contributed by atoms with Crippen molar-refractivity contribution in [2.24, 2.45) is 0 Å². The Morgan fingerprint density at radius 3 is 2.38 bits per heavy atom. The summed E-state index contributed by atoms with van der Waals surface area (Å²) in [5.41, 5.74) is 2.09. The summed E-state index contributed by atoms with van der Waals surface area (Å²) in [6.45, 7) is 3.22. The van der Waals surface area contributed by atoms with E-state index in [1.165, 1.54) is 31.4 Å². The number of aryl methyl sites for hydroxylation is 1. The van der Waals surface area contributed by atoms with Crippen LogP contribution in [0, 0.1) is 18.6 Å². The van der Waals surface area contributed by atoms with E-state index in [9.17, 15) is 18.4 Å². The van der Waals surface area contributed by atoms with Gasteiger partial charge < -0.3 is 15.0 Å². The normalized spacial score (nSPS) is 13.5. The predicted octanol–water partition coefficient (Wildman–Crippen LogP) is 5.39. The highest BCUT2D eigenvalue weighted by Crippen LogP contribution is 2.28. The molecule has 1 fully saturated rings. The summed E-state index contributed by atoms with van der Waals surface area (Å²) in [7, 11) is 1.43. The molecule has 0 bridgehead atoms. The summed E-state index contributed by atoms with van der Waals surface area (Å²) >= 11 is 1.83. The third-order valence-corrected chi connectivity index (χ3v) is 6.66. The van der Waals surface area contributed by atoms with Gasteiger partial charge in [0.25, 0.3) is 11.8 Å². The minimum absolute atomic E-state index is 0.0336. The van der Waals surface area contributed by atoms with E-state index in [-0.39, 0.29) is 17.0 Å². The van der Waals surface area contributed by atoms with Crippen LogP contribution in [0.5, 0.6) is 5.75 Å².